The Hall–Kier alpha value is -2.49. The number of hydrogen-bond donors (Lipinski definition) is 4. The third kappa shape index (κ3) is 11.2. The van der Waals surface area contributed by atoms with Crippen molar-refractivity contribution in [2.24, 2.45) is 15.8 Å². The molecular formula is C28H42N4O3S2. The fraction of sp³-hybridized carbons (Fsp3) is 0.500. The van der Waals surface area contributed by atoms with Crippen LogP contribution >= 0.6 is 24.0 Å². The first-order valence-electron chi connectivity index (χ1n) is 12.4. The van der Waals surface area contributed by atoms with Crippen LogP contribution in [-0.4, -0.2) is 55.1 Å². The fourth-order valence-corrected chi connectivity index (χ4v) is 4.32. The molecule has 1 heterocycles. The maximum Gasteiger partial charge on any atom is 0.166 e. The number of para-hydroxylation sites is 2. The fourth-order valence-electron chi connectivity index (χ4n) is 3.23. The van der Waals surface area contributed by atoms with E-state index in [0.717, 1.165) is 46.6 Å². The monoisotopic (exact) mass is 546 g/mol. The number of nitrogens with zero attached hydrogens (tertiary/aromatic N) is 1. The minimum absolute atomic E-state index is 0.120. The highest BCUT2D eigenvalue weighted by Crippen LogP contribution is 2.27. The van der Waals surface area contributed by atoms with E-state index in [-0.39, 0.29) is 12.0 Å². The molecule has 0 atom stereocenters. The Labute approximate surface area is 231 Å². The lowest BCUT2D eigenvalue weighted by molar-refractivity contribution is 0.162. The van der Waals surface area contributed by atoms with Crippen molar-refractivity contribution in [1.82, 2.24) is 16.0 Å². The van der Waals surface area contributed by atoms with Crippen LogP contribution in [0.15, 0.2) is 53.5 Å². The molecule has 204 valence electrons. The number of thioether (sulfide) groups is 1. The van der Waals surface area contributed by atoms with Crippen LogP contribution in [0, 0.1) is 10.8 Å². The summed E-state index contributed by atoms with van der Waals surface area (Å²) in [5.41, 5.74) is 2.35. The molecule has 0 radical (unpaired) electrons. The standard InChI is InChI=1S/C14H22N2O2S.C14H20N2OS/c1-14(2,10-17)9-16-13(19)15-8-11-6-4-5-7-12(11)18-3;1-14(2)9-16-13(18-10-14)15-8-11-6-4-5-7-12(11)17-3/h4-7,17H,8-10H2,1-3H3,(H2,15,16,19);4-7H,8-10H2,1-3H3,(H,15,16). The van der Waals surface area contributed by atoms with Gasteiger partial charge in [-0.2, -0.15) is 0 Å². The van der Waals surface area contributed by atoms with Gasteiger partial charge in [0, 0.05) is 55.1 Å². The first-order chi connectivity index (χ1) is 17.6. The van der Waals surface area contributed by atoms with Crippen LogP contribution in [0.5, 0.6) is 11.5 Å². The molecule has 2 aromatic carbocycles. The highest BCUT2D eigenvalue weighted by molar-refractivity contribution is 8.13. The van der Waals surface area contributed by atoms with Crippen molar-refractivity contribution in [3.63, 3.8) is 0 Å². The Balaban J connectivity index is 0.000000260. The maximum atomic E-state index is 9.16. The molecule has 0 saturated heterocycles. The topological polar surface area (TPSA) is 87.1 Å². The van der Waals surface area contributed by atoms with Gasteiger partial charge >= 0.3 is 0 Å². The van der Waals surface area contributed by atoms with Gasteiger partial charge in [0.15, 0.2) is 10.3 Å². The van der Waals surface area contributed by atoms with Crippen molar-refractivity contribution in [2.45, 2.75) is 40.8 Å². The summed E-state index contributed by atoms with van der Waals surface area (Å²) < 4.78 is 10.6. The second kappa shape index (κ2) is 15.1. The lowest BCUT2D eigenvalue weighted by Gasteiger charge is -2.27. The molecule has 0 aromatic heterocycles. The number of aliphatic hydroxyl groups is 1. The van der Waals surface area contributed by atoms with Crippen LogP contribution in [0.25, 0.3) is 0 Å². The summed E-state index contributed by atoms with van der Waals surface area (Å²) in [7, 11) is 3.35. The molecular weight excluding hydrogens is 504 g/mol. The summed E-state index contributed by atoms with van der Waals surface area (Å²) in [6.45, 7) is 11.5. The van der Waals surface area contributed by atoms with Crippen molar-refractivity contribution in [1.29, 1.82) is 0 Å². The second-order valence-electron chi connectivity index (χ2n) is 10.4. The van der Waals surface area contributed by atoms with Crippen LogP contribution in [-0.2, 0) is 13.1 Å². The molecule has 1 aliphatic heterocycles. The average molecular weight is 547 g/mol. The van der Waals surface area contributed by atoms with E-state index >= 15 is 0 Å². The summed E-state index contributed by atoms with van der Waals surface area (Å²) in [5.74, 6) is 2.88. The minimum Gasteiger partial charge on any atom is -0.496 e. The lowest BCUT2D eigenvalue weighted by atomic mass is 9.95. The van der Waals surface area contributed by atoms with Crippen molar-refractivity contribution < 1.29 is 14.6 Å². The SMILES string of the molecule is COc1ccccc1CNC(=S)NCC(C)(C)CO.COc1ccccc1CNC1=NCC(C)(C)CS1. The highest BCUT2D eigenvalue weighted by Gasteiger charge is 2.23. The van der Waals surface area contributed by atoms with Crippen LogP contribution < -0.4 is 25.4 Å². The van der Waals surface area contributed by atoms with Crippen molar-refractivity contribution in [2.75, 3.05) is 39.7 Å². The van der Waals surface area contributed by atoms with Gasteiger partial charge in [-0.05, 0) is 29.8 Å². The van der Waals surface area contributed by atoms with Crippen molar-refractivity contribution in [3.8, 4) is 11.5 Å². The Kier molecular flexibility index (Phi) is 12.5. The number of hydrogen-bond acceptors (Lipinski definition) is 7. The zero-order valence-electron chi connectivity index (χ0n) is 22.9. The molecule has 37 heavy (non-hydrogen) atoms. The van der Waals surface area contributed by atoms with E-state index in [1.807, 2.05) is 56.3 Å². The van der Waals surface area contributed by atoms with E-state index in [9.17, 15) is 0 Å². The zero-order chi connectivity index (χ0) is 27.3. The first kappa shape index (κ1) is 30.7. The molecule has 1 aliphatic rings. The predicted molar refractivity (Wildman–Crippen MR) is 160 cm³/mol. The number of rotatable bonds is 9. The molecule has 2 aromatic rings. The summed E-state index contributed by atoms with van der Waals surface area (Å²) in [6.07, 6.45) is 0. The van der Waals surface area contributed by atoms with Crippen LogP contribution in [0.1, 0.15) is 38.8 Å². The van der Waals surface area contributed by atoms with E-state index in [1.165, 1.54) is 0 Å². The summed E-state index contributed by atoms with van der Waals surface area (Å²) in [6, 6.07) is 15.9. The molecule has 0 amide bonds. The molecule has 0 bridgehead atoms. The Bertz CT molecular complexity index is 1030. The quantitative estimate of drug-likeness (QED) is 0.340. The van der Waals surface area contributed by atoms with Gasteiger partial charge in [-0.25, -0.2) is 0 Å². The normalized spacial score (nSPS) is 14.4. The summed E-state index contributed by atoms with van der Waals surface area (Å²) in [4.78, 5) is 4.58. The predicted octanol–water partition coefficient (Wildman–Crippen LogP) is 4.59. The molecule has 4 N–H and O–H groups in total. The van der Waals surface area contributed by atoms with Crippen LogP contribution in [0.2, 0.25) is 0 Å². The van der Waals surface area contributed by atoms with E-state index in [4.69, 9.17) is 26.8 Å². The number of aliphatic hydroxyl groups excluding tert-OH is 1. The number of benzene rings is 2. The van der Waals surface area contributed by atoms with E-state index in [1.54, 1.807) is 26.0 Å². The molecule has 0 unspecified atom stereocenters. The molecule has 0 saturated carbocycles. The number of aliphatic imine (C=N–C) groups is 1. The van der Waals surface area contributed by atoms with E-state index in [2.05, 4.69) is 40.9 Å². The molecule has 0 aliphatic carbocycles. The van der Waals surface area contributed by atoms with E-state index in [0.29, 0.717) is 23.6 Å². The van der Waals surface area contributed by atoms with Crippen LogP contribution in [0.4, 0.5) is 0 Å². The van der Waals surface area contributed by atoms with Gasteiger partial charge in [0.05, 0.1) is 14.2 Å². The second-order valence-corrected chi connectivity index (χ2v) is 11.8. The van der Waals surface area contributed by atoms with Gasteiger partial charge in [-0.1, -0.05) is 75.9 Å². The van der Waals surface area contributed by atoms with Crippen molar-refractivity contribution >= 4 is 34.3 Å². The van der Waals surface area contributed by atoms with E-state index < -0.39 is 0 Å². The lowest BCUT2D eigenvalue weighted by Crippen LogP contribution is -2.41. The van der Waals surface area contributed by atoms with Crippen molar-refractivity contribution in [3.05, 3.63) is 59.7 Å². The average Bonchev–Trinajstić information content (AvgIpc) is 2.91. The van der Waals surface area contributed by atoms with Gasteiger partial charge < -0.3 is 30.5 Å². The molecule has 3 rings (SSSR count). The van der Waals surface area contributed by atoms with Gasteiger partial charge in [0.25, 0.3) is 0 Å². The number of methoxy groups -OCH3 is 2. The Morgan fingerprint density at radius 3 is 2.08 bits per heavy atom. The molecule has 0 spiro atoms. The number of thiocarbonyl (C=S) groups is 1. The number of nitrogens with one attached hydrogen (secondary N) is 3. The minimum atomic E-state index is -0.184. The van der Waals surface area contributed by atoms with Gasteiger partial charge in [0.1, 0.15) is 11.5 Å². The van der Waals surface area contributed by atoms with Gasteiger partial charge in [-0.15, -0.1) is 0 Å². The summed E-state index contributed by atoms with van der Waals surface area (Å²) in [5, 5.41) is 20.4. The zero-order valence-corrected chi connectivity index (χ0v) is 24.5. The largest absolute Gasteiger partial charge is 0.496 e. The van der Waals surface area contributed by atoms with Gasteiger partial charge in [-0.3, -0.25) is 4.99 Å². The molecule has 0 fully saturated rings. The maximum absolute atomic E-state index is 9.16. The Morgan fingerprint density at radius 2 is 1.57 bits per heavy atom. The first-order valence-corrected chi connectivity index (χ1v) is 13.8. The Morgan fingerprint density at radius 1 is 1.00 bits per heavy atom. The summed E-state index contributed by atoms with van der Waals surface area (Å²) >= 11 is 7.00. The molecule has 9 heteroatoms. The third-order valence-corrected chi connectivity index (χ3v) is 7.42. The smallest absolute Gasteiger partial charge is 0.166 e. The van der Waals surface area contributed by atoms with Gasteiger partial charge in [0.2, 0.25) is 0 Å². The number of ether oxygens (including phenoxy) is 2. The molecule has 7 nitrogen and oxygen atoms in total. The van der Waals surface area contributed by atoms with Crippen LogP contribution in [0.3, 0.4) is 0 Å². The third-order valence-electron chi connectivity index (χ3n) is 5.66. The highest BCUT2D eigenvalue weighted by atomic mass is 32.2. The number of amidine groups is 1.